The van der Waals surface area contributed by atoms with Crippen LogP contribution in [0.4, 0.5) is 13.2 Å². The topological polar surface area (TPSA) is 72.7 Å². The lowest BCUT2D eigenvalue weighted by molar-refractivity contribution is -0.128. The number of alkyl halides is 3. The van der Waals surface area contributed by atoms with E-state index in [4.69, 9.17) is 0 Å². The number of thiazole rings is 1. The Balaban J connectivity index is 1.55. The van der Waals surface area contributed by atoms with Gasteiger partial charge in [0.25, 0.3) is 0 Å². The summed E-state index contributed by atoms with van der Waals surface area (Å²) in [5.74, 6) is -0.605. The van der Waals surface area contributed by atoms with Crippen molar-refractivity contribution in [2.24, 2.45) is 5.92 Å². The maximum atomic E-state index is 12.3. The first-order chi connectivity index (χ1) is 12.3. The van der Waals surface area contributed by atoms with E-state index in [1.165, 1.54) is 5.38 Å². The Kier molecular flexibility index (Phi) is 5.21. The van der Waals surface area contributed by atoms with Gasteiger partial charge in [-0.25, -0.2) is 9.67 Å². The minimum absolute atomic E-state index is 0.0334. The van der Waals surface area contributed by atoms with Crippen LogP contribution in [-0.4, -0.2) is 32.1 Å². The standard InChI is InChI=1S/C16H16F3N5OS/c1-10(8-24-13-5-3-2-4-12(13)22-23-24)15(25)20-7-14-21-11(9-26-14)6-16(17,18)19/h2-5,9-10H,6-8H2,1H3,(H,20,25). The molecule has 1 aromatic carbocycles. The molecule has 10 heteroatoms. The Hall–Kier alpha value is -2.49. The molecule has 1 atom stereocenters. The molecule has 138 valence electrons. The van der Waals surface area contributed by atoms with Crippen LogP contribution in [0, 0.1) is 5.92 Å². The highest BCUT2D eigenvalue weighted by Crippen LogP contribution is 2.22. The minimum atomic E-state index is -4.29. The molecule has 2 heterocycles. The monoisotopic (exact) mass is 383 g/mol. The van der Waals surface area contributed by atoms with E-state index >= 15 is 0 Å². The SMILES string of the molecule is CC(Cn1nnc2ccccc21)C(=O)NCc1nc(CC(F)(F)F)cs1. The number of aromatic nitrogens is 4. The molecule has 6 nitrogen and oxygen atoms in total. The molecule has 26 heavy (non-hydrogen) atoms. The molecular formula is C16H16F3N5OS. The van der Waals surface area contributed by atoms with E-state index in [-0.39, 0.29) is 24.1 Å². The number of para-hydroxylation sites is 1. The predicted octanol–water partition coefficient (Wildman–Crippen LogP) is 2.95. The van der Waals surface area contributed by atoms with Gasteiger partial charge in [0, 0.05) is 5.38 Å². The summed E-state index contributed by atoms with van der Waals surface area (Å²) in [7, 11) is 0. The van der Waals surface area contributed by atoms with Crippen LogP contribution in [0.25, 0.3) is 11.0 Å². The fourth-order valence-corrected chi connectivity index (χ4v) is 3.18. The van der Waals surface area contributed by atoms with Crippen molar-refractivity contribution >= 4 is 28.3 Å². The van der Waals surface area contributed by atoms with E-state index in [1.54, 1.807) is 11.6 Å². The Morgan fingerprint density at radius 2 is 2.12 bits per heavy atom. The molecule has 0 bridgehead atoms. The zero-order valence-corrected chi connectivity index (χ0v) is 14.6. The Labute approximate surface area is 151 Å². The Bertz CT molecular complexity index is 905. The van der Waals surface area contributed by atoms with Crippen molar-refractivity contribution in [3.63, 3.8) is 0 Å². The number of carbonyl (C=O) groups excluding carboxylic acids is 1. The number of nitrogens with one attached hydrogen (secondary N) is 1. The summed E-state index contributed by atoms with van der Waals surface area (Å²) < 4.78 is 38.7. The van der Waals surface area contributed by atoms with Crippen LogP contribution in [0.15, 0.2) is 29.6 Å². The normalized spacial score (nSPS) is 13.1. The third-order valence-corrected chi connectivity index (χ3v) is 4.61. The smallest absolute Gasteiger partial charge is 0.349 e. The third kappa shape index (κ3) is 4.57. The number of carbonyl (C=O) groups is 1. The van der Waals surface area contributed by atoms with E-state index in [9.17, 15) is 18.0 Å². The van der Waals surface area contributed by atoms with Gasteiger partial charge in [-0.05, 0) is 12.1 Å². The van der Waals surface area contributed by atoms with Gasteiger partial charge in [0.1, 0.15) is 10.5 Å². The second-order valence-corrected chi connectivity index (χ2v) is 6.85. The number of rotatable bonds is 6. The van der Waals surface area contributed by atoms with Gasteiger partial charge >= 0.3 is 6.18 Å². The molecule has 0 aliphatic rings. The molecule has 0 spiro atoms. The summed E-state index contributed by atoms with van der Waals surface area (Å²) in [6, 6.07) is 7.44. The predicted molar refractivity (Wildman–Crippen MR) is 90.4 cm³/mol. The molecule has 1 amide bonds. The van der Waals surface area contributed by atoms with Crippen LogP contribution in [0.2, 0.25) is 0 Å². The lowest BCUT2D eigenvalue weighted by Crippen LogP contribution is -2.31. The summed E-state index contributed by atoms with van der Waals surface area (Å²) in [4.78, 5) is 16.1. The highest BCUT2D eigenvalue weighted by molar-refractivity contribution is 7.09. The van der Waals surface area contributed by atoms with E-state index < -0.39 is 12.6 Å². The zero-order chi connectivity index (χ0) is 18.7. The van der Waals surface area contributed by atoms with Gasteiger partial charge in [0.05, 0.1) is 36.6 Å². The fourth-order valence-electron chi connectivity index (χ4n) is 2.45. The van der Waals surface area contributed by atoms with Gasteiger partial charge in [0.2, 0.25) is 5.91 Å². The quantitative estimate of drug-likeness (QED) is 0.710. The first kappa shape index (κ1) is 18.3. The van der Waals surface area contributed by atoms with Crippen molar-refractivity contribution < 1.29 is 18.0 Å². The number of benzene rings is 1. The van der Waals surface area contributed by atoms with Crippen LogP contribution in [0.1, 0.15) is 17.6 Å². The second-order valence-electron chi connectivity index (χ2n) is 5.90. The van der Waals surface area contributed by atoms with Crippen LogP contribution in [-0.2, 0) is 24.3 Å². The molecule has 2 aromatic heterocycles. The van der Waals surface area contributed by atoms with Crippen LogP contribution in [0.5, 0.6) is 0 Å². The van der Waals surface area contributed by atoms with Crippen molar-refractivity contribution in [1.29, 1.82) is 0 Å². The maximum Gasteiger partial charge on any atom is 0.394 e. The molecule has 3 aromatic rings. The molecule has 0 saturated heterocycles. The largest absolute Gasteiger partial charge is 0.394 e. The van der Waals surface area contributed by atoms with Crippen LogP contribution in [0.3, 0.4) is 0 Å². The number of nitrogens with zero attached hydrogens (tertiary/aromatic N) is 4. The molecule has 0 aliphatic carbocycles. The molecule has 0 radical (unpaired) electrons. The van der Waals surface area contributed by atoms with Gasteiger partial charge in [-0.1, -0.05) is 24.3 Å². The lowest BCUT2D eigenvalue weighted by Gasteiger charge is -2.11. The van der Waals surface area contributed by atoms with Crippen molar-refractivity contribution in [2.75, 3.05) is 0 Å². The number of hydrogen-bond acceptors (Lipinski definition) is 5. The van der Waals surface area contributed by atoms with Crippen molar-refractivity contribution in [3.8, 4) is 0 Å². The van der Waals surface area contributed by atoms with E-state index in [2.05, 4.69) is 20.6 Å². The molecule has 0 saturated carbocycles. The minimum Gasteiger partial charge on any atom is -0.349 e. The van der Waals surface area contributed by atoms with Gasteiger partial charge < -0.3 is 5.32 Å². The van der Waals surface area contributed by atoms with Crippen molar-refractivity contribution in [1.82, 2.24) is 25.3 Å². The average molecular weight is 383 g/mol. The van der Waals surface area contributed by atoms with E-state index in [1.807, 2.05) is 24.3 Å². The number of halogens is 3. The molecule has 0 fully saturated rings. The second kappa shape index (κ2) is 7.40. The summed E-state index contributed by atoms with van der Waals surface area (Å²) in [5, 5.41) is 12.6. The van der Waals surface area contributed by atoms with E-state index in [0.29, 0.717) is 11.6 Å². The van der Waals surface area contributed by atoms with Gasteiger partial charge in [0.15, 0.2) is 0 Å². The summed E-state index contributed by atoms with van der Waals surface area (Å²) in [6.07, 6.45) is -5.35. The van der Waals surface area contributed by atoms with Crippen molar-refractivity contribution in [3.05, 3.63) is 40.3 Å². The lowest BCUT2D eigenvalue weighted by atomic mass is 10.1. The molecule has 1 N–H and O–H groups in total. The van der Waals surface area contributed by atoms with E-state index in [0.717, 1.165) is 22.4 Å². The summed E-state index contributed by atoms with van der Waals surface area (Å²) >= 11 is 1.10. The first-order valence-corrected chi connectivity index (χ1v) is 8.76. The number of amides is 1. The molecule has 1 unspecified atom stereocenters. The number of hydrogen-bond donors (Lipinski definition) is 1. The fraction of sp³-hybridized carbons (Fsp3) is 0.375. The van der Waals surface area contributed by atoms with Gasteiger partial charge in [-0.3, -0.25) is 4.79 Å². The number of fused-ring (bicyclic) bond motifs is 1. The van der Waals surface area contributed by atoms with Crippen molar-refractivity contribution in [2.45, 2.75) is 32.6 Å². The zero-order valence-electron chi connectivity index (χ0n) is 13.8. The van der Waals surface area contributed by atoms with Crippen LogP contribution >= 0.6 is 11.3 Å². The highest BCUT2D eigenvalue weighted by Gasteiger charge is 2.29. The molecular weight excluding hydrogens is 367 g/mol. The average Bonchev–Trinajstić information content (AvgIpc) is 3.18. The highest BCUT2D eigenvalue weighted by atomic mass is 32.1. The Morgan fingerprint density at radius 3 is 2.88 bits per heavy atom. The Morgan fingerprint density at radius 1 is 1.35 bits per heavy atom. The summed E-state index contributed by atoms with van der Waals surface area (Å²) in [5.41, 5.74) is 1.55. The summed E-state index contributed by atoms with van der Waals surface area (Å²) in [6.45, 7) is 2.20. The molecule has 0 aliphatic heterocycles. The molecule has 3 rings (SSSR count). The third-order valence-electron chi connectivity index (χ3n) is 3.71. The maximum absolute atomic E-state index is 12.3. The van der Waals surface area contributed by atoms with Gasteiger partial charge in [-0.2, -0.15) is 13.2 Å². The first-order valence-electron chi connectivity index (χ1n) is 7.88. The van der Waals surface area contributed by atoms with Gasteiger partial charge in [-0.15, -0.1) is 16.4 Å². The van der Waals surface area contributed by atoms with Crippen LogP contribution < -0.4 is 5.32 Å².